The summed E-state index contributed by atoms with van der Waals surface area (Å²) in [5.41, 5.74) is 3.25. The number of anilines is 1. The largest absolute Gasteiger partial charge is 0.478 e. The zero-order valence-electron chi connectivity index (χ0n) is 9.47. The van der Waals surface area contributed by atoms with Gasteiger partial charge in [-0.1, -0.05) is 24.3 Å². The number of nitrogens with one attached hydrogen (secondary N) is 1. The molecule has 0 aliphatic carbocycles. The minimum atomic E-state index is -0.904. The Kier molecular flexibility index (Phi) is 3.10. The van der Waals surface area contributed by atoms with Gasteiger partial charge in [-0.2, -0.15) is 0 Å². The minimum absolute atomic E-state index is 0.306. The van der Waals surface area contributed by atoms with E-state index in [2.05, 4.69) is 5.32 Å². The molecule has 0 atom stereocenters. The number of hydrogen-bond donors (Lipinski definition) is 2. The molecule has 2 N–H and O–H groups in total. The fourth-order valence-corrected chi connectivity index (χ4v) is 1.66. The maximum absolute atomic E-state index is 10.9. The summed E-state index contributed by atoms with van der Waals surface area (Å²) in [5, 5.41) is 12.0. The maximum atomic E-state index is 10.9. The normalized spacial score (nSPS) is 9.94. The van der Waals surface area contributed by atoms with Crippen molar-refractivity contribution in [1.82, 2.24) is 0 Å². The van der Waals surface area contributed by atoms with Gasteiger partial charge < -0.3 is 10.4 Å². The Morgan fingerprint density at radius 3 is 2.35 bits per heavy atom. The highest BCUT2D eigenvalue weighted by atomic mass is 16.4. The molecule has 0 fully saturated rings. The van der Waals surface area contributed by atoms with Crippen molar-refractivity contribution in [2.75, 3.05) is 12.4 Å². The van der Waals surface area contributed by atoms with Crippen LogP contribution < -0.4 is 5.32 Å². The lowest BCUT2D eigenvalue weighted by Gasteiger charge is -2.05. The van der Waals surface area contributed by atoms with Crippen LogP contribution in [0.25, 0.3) is 11.1 Å². The van der Waals surface area contributed by atoms with E-state index in [1.54, 1.807) is 18.2 Å². The number of benzene rings is 2. The van der Waals surface area contributed by atoms with Crippen molar-refractivity contribution in [2.45, 2.75) is 0 Å². The summed E-state index contributed by atoms with van der Waals surface area (Å²) >= 11 is 0. The molecule has 0 saturated heterocycles. The highest BCUT2D eigenvalue weighted by molar-refractivity contribution is 5.89. The second-order valence-corrected chi connectivity index (χ2v) is 3.71. The van der Waals surface area contributed by atoms with E-state index in [0.717, 1.165) is 16.8 Å². The Morgan fingerprint density at radius 1 is 1.06 bits per heavy atom. The summed E-state index contributed by atoms with van der Waals surface area (Å²) in [6.45, 7) is 0. The topological polar surface area (TPSA) is 49.3 Å². The second-order valence-electron chi connectivity index (χ2n) is 3.71. The van der Waals surface area contributed by atoms with Crippen LogP contribution in [0.2, 0.25) is 0 Å². The SMILES string of the molecule is CNc1ccc(-c2cccc(C(=O)O)c2)cc1. The standard InChI is InChI=1S/C14H13NO2/c1-15-13-7-5-10(6-8-13)11-3-2-4-12(9-11)14(16)17/h2-9,15H,1H3,(H,16,17). The van der Waals surface area contributed by atoms with Crippen LogP contribution in [-0.4, -0.2) is 18.1 Å². The van der Waals surface area contributed by atoms with Gasteiger partial charge in [-0.05, 0) is 35.4 Å². The third-order valence-electron chi connectivity index (χ3n) is 2.62. The van der Waals surface area contributed by atoms with Gasteiger partial charge in [0, 0.05) is 12.7 Å². The third kappa shape index (κ3) is 2.45. The molecule has 0 saturated carbocycles. The average Bonchev–Trinajstić information content (AvgIpc) is 2.39. The summed E-state index contributed by atoms with van der Waals surface area (Å²) in [6.07, 6.45) is 0. The van der Waals surface area contributed by atoms with Crippen LogP contribution >= 0.6 is 0 Å². The van der Waals surface area contributed by atoms with E-state index < -0.39 is 5.97 Å². The molecule has 2 rings (SSSR count). The van der Waals surface area contributed by atoms with Gasteiger partial charge in [-0.15, -0.1) is 0 Å². The molecule has 0 aliphatic rings. The number of carboxylic acid groups (broad SMARTS) is 1. The Balaban J connectivity index is 2.38. The van der Waals surface area contributed by atoms with Crippen molar-refractivity contribution < 1.29 is 9.90 Å². The molecule has 2 aromatic rings. The van der Waals surface area contributed by atoms with Crippen LogP contribution in [0.5, 0.6) is 0 Å². The van der Waals surface area contributed by atoms with Gasteiger partial charge in [0.2, 0.25) is 0 Å². The predicted molar refractivity (Wildman–Crippen MR) is 68.4 cm³/mol. The van der Waals surface area contributed by atoms with Gasteiger partial charge in [0.1, 0.15) is 0 Å². The third-order valence-corrected chi connectivity index (χ3v) is 2.62. The van der Waals surface area contributed by atoms with Crippen LogP contribution in [-0.2, 0) is 0 Å². The summed E-state index contributed by atoms with van der Waals surface area (Å²) in [7, 11) is 1.86. The number of carbonyl (C=O) groups is 1. The summed E-state index contributed by atoms with van der Waals surface area (Å²) in [5.74, 6) is -0.904. The van der Waals surface area contributed by atoms with E-state index in [9.17, 15) is 4.79 Å². The molecule has 0 unspecified atom stereocenters. The Hall–Kier alpha value is -2.29. The first kappa shape index (κ1) is 11.2. The van der Waals surface area contributed by atoms with E-state index >= 15 is 0 Å². The fourth-order valence-electron chi connectivity index (χ4n) is 1.66. The van der Waals surface area contributed by atoms with E-state index in [-0.39, 0.29) is 0 Å². The predicted octanol–water partition coefficient (Wildman–Crippen LogP) is 3.09. The average molecular weight is 227 g/mol. The van der Waals surface area contributed by atoms with Crippen molar-refractivity contribution in [3.63, 3.8) is 0 Å². The van der Waals surface area contributed by atoms with Crippen molar-refractivity contribution in [2.24, 2.45) is 0 Å². The molecule has 17 heavy (non-hydrogen) atoms. The Bertz CT molecular complexity index is 532. The first-order valence-electron chi connectivity index (χ1n) is 5.32. The lowest BCUT2D eigenvalue weighted by Crippen LogP contribution is -1.95. The van der Waals surface area contributed by atoms with Crippen LogP contribution in [0.1, 0.15) is 10.4 Å². The smallest absolute Gasteiger partial charge is 0.335 e. The highest BCUT2D eigenvalue weighted by Crippen LogP contribution is 2.22. The molecule has 0 aliphatic heterocycles. The summed E-state index contributed by atoms with van der Waals surface area (Å²) in [4.78, 5) is 10.9. The summed E-state index contributed by atoms with van der Waals surface area (Å²) < 4.78 is 0. The van der Waals surface area contributed by atoms with Gasteiger partial charge in [-0.3, -0.25) is 0 Å². The van der Waals surface area contributed by atoms with Crippen LogP contribution in [0.15, 0.2) is 48.5 Å². The molecular weight excluding hydrogens is 214 g/mol. The molecular formula is C14H13NO2. The maximum Gasteiger partial charge on any atom is 0.335 e. The molecule has 0 heterocycles. The van der Waals surface area contributed by atoms with Crippen LogP contribution in [0.4, 0.5) is 5.69 Å². The molecule has 3 heteroatoms. The van der Waals surface area contributed by atoms with Gasteiger partial charge in [0.25, 0.3) is 0 Å². The first-order chi connectivity index (χ1) is 8.20. The van der Waals surface area contributed by atoms with E-state index in [1.165, 1.54) is 0 Å². The van der Waals surface area contributed by atoms with Crippen molar-refractivity contribution in [3.05, 3.63) is 54.1 Å². The lowest BCUT2D eigenvalue weighted by atomic mass is 10.0. The van der Waals surface area contributed by atoms with E-state index in [4.69, 9.17) is 5.11 Å². The summed E-state index contributed by atoms with van der Waals surface area (Å²) in [6, 6.07) is 14.8. The van der Waals surface area contributed by atoms with Gasteiger partial charge in [-0.25, -0.2) is 4.79 Å². The zero-order chi connectivity index (χ0) is 12.3. The molecule has 2 aromatic carbocycles. The van der Waals surface area contributed by atoms with Crippen LogP contribution in [0, 0.1) is 0 Å². The van der Waals surface area contributed by atoms with Gasteiger partial charge in [0.05, 0.1) is 5.56 Å². The van der Waals surface area contributed by atoms with Gasteiger partial charge >= 0.3 is 5.97 Å². The molecule has 0 spiro atoms. The van der Waals surface area contributed by atoms with Crippen molar-refractivity contribution in [1.29, 1.82) is 0 Å². The van der Waals surface area contributed by atoms with E-state index in [1.807, 2.05) is 37.4 Å². The molecule has 0 amide bonds. The number of rotatable bonds is 3. The zero-order valence-corrected chi connectivity index (χ0v) is 9.47. The van der Waals surface area contributed by atoms with E-state index in [0.29, 0.717) is 5.56 Å². The molecule has 86 valence electrons. The number of aromatic carboxylic acids is 1. The molecule has 0 radical (unpaired) electrons. The fraction of sp³-hybridized carbons (Fsp3) is 0.0714. The van der Waals surface area contributed by atoms with Crippen molar-refractivity contribution in [3.8, 4) is 11.1 Å². The number of carboxylic acids is 1. The molecule has 0 bridgehead atoms. The Morgan fingerprint density at radius 2 is 1.76 bits per heavy atom. The molecule has 0 aromatic heterocycles. The van der Waals surface area contributed by atoms with Crippen molar-refractivity contribution >= 4 is 11.7 Å². The second kappa shape index (κ2) is 4.70. The monoisotopic (exact) mass is 227 g/mol. The quantitative estimate of drug-likeness (QED) is 0.847. The highest BCUT2D eigenvalue weighted by Gasteiger charge is 2.04. The molecule has 3 nitrogen and oxygen atoms in total. The van der Waals surface area contributed by atoms with Gasteiger partial charge in [0.15, 0.2) is 0 Å². The van der Waals surface area contributed by atoms with Crippen LogP contribution in [0.3, 0.4) is 0 Å². The first-order valence-corrected chi connectivity index (χ1v) is 5.32. The number of hydrogen-bond acceptors (Lipinski definition) is 2. The minimum Gasteiger partial charge on any atom is -0.478 e. The Labute approximate surface area is 99.7 Å². The lowest BCUT2D eigenvalue weighted by molar-refractivity contribution is 0.0697.